The van der Waals surface area contributed by atoms with Crippen LogP contribution in [0.15, 0.2) is 24.3 Å². The highest BCUT2D eigenvalue weighted by Gasteiger charge is 2.16. The number of hydrogen-bond acceptors (Lipinski definition) is 3. The van der Waals surface area contributed by atoms with E-state index in [0.717, 1.165) is 5.56 Å². The molecule has 1 amide bonds. The highest BCUT2D eigenvalue weighted by atomic mass is 16.6. The molecule has 1 rings (SSSR count). The van der Waals surface area contributed by atoms with Gasteiger partial charge in [-0.25, -0.2) is 4.79 Å². The molecule has 0 fully saturated rings. The molecule has 1 aromatic rings. The molecule has 0 atom stereocenters. The number of Topliss-reactive ketones (excluding diaryl/α,β-unsaturated/α-hetero) is 1. The maximum atomic E-state index is 11.9. The monoisotopic (exact) mass is 263 g/mol. The Morgan fingerprint density at radius 3 is 2.53 bits per heavy atom. The van der Waals surface area contributed by atoms with Gasteiger partial charge in [0.15, 0.2) is 5.78 Å². The number of benzene rings is 1. The molecule has 0 bridgehead atoms. The van der Waals surface area contributed by atoms with Crippen molar-refractivity contribution in [3.63, 3.8) is 0 Å². The number of carbonyl (C=O) groups excluding carboxylic acids is 2. The third kappa shape index (κ3) is 6.04. The van der Waals surface area contributed by atoms with Crippen LogP contribution in [0.5, 0.6) is 0 Å². The average Bonchev–Trinajstić information content (AvgIpc) is 2.26. The molecule has 1 N–H and O–H groups in total. The van der Waals surface area contributed by atoms with Crippen molar-refractivity contribution in [3.8, 4) is 0 Å². The van der Waals surface area contributed by atoms with E-state index in [2.05, 4.69) is 5.32 Å². The molecule has 1 aromatic carbocycles. The van der Waals surface area contributed by atoms with Gasteiger partial charge in [0.05, 0.1) is 0 Å². The Labute approximate surface area is 114 Å². The van der Waals surface area contributed by atoms with Crippen LogP contribution in [0.4, 0.5) is 4.79 Å². The number of hydrogen-bond donors (Lipinski definition) is 1. The Morgan fingerprint density at radius 2 is 1.95 bits per heavy atom. The van der Waals surface area contributed by atoms with Gasteiger partial charge in [0, 0.05) is 18.5 Å². The van der Waals surface area contributed by atoms with Gasteiger partial charge in [0.2, 0.25) is 0 Å². The van der Waals surface area contributed by atoms with E-state index in [4.69, 9.17) is 4.74 Å². The summed E-state index contributed by atoms with van der Waals surface area (Å²) in [4.78, 5) is 23.3. The van der Waals surface area contributed by atoms with Gasteiger partial charge in [-0.15, -0.1) is 0 Å². The Balaban J connectivity index is 2.37. The highest BCUT2D eigenvalue weighted by molar-refractivity contribution is 5.96. The van der Waals surface area contributed by atoms with Gasteiger partial charge >= 0.3 is 6.09 Å². The van der Waals surface area contributed by atoms with Crippen LogP contribution in [0.25, 0.3) is 0 Å². The molecule has 0 aromatic heterocycles. The van der Waals surface area contributed by atoms with Gasteiger partial charge in [-0.3, -0.25) is 4.79 Å². The number of carbonyl (C=O) groups is 2. The van der Waals surface area contributed by atoms with Gasteiger partial charge in [-0.2, -0.15) is 0 Å². The van der Waals surface area contributed by atoms with E-state index >= 15 is 0 Å². The lowest BCUT2D eigenvalue weighted by Gasteiger charge is -2.19. The molecule has 4 heteroatoms. The van der Waals surface area contributed by atoms with Gasteiger partial charge in [0.1, 0.15) is 5.60 Å². The van der Waals surface area contributed by atoms with E-state index in [1.54, 1.807) is 26.8 Å². The Hall–Kier alpha value is -1.84. The van der Waals surface area contributed by atoms with Crippen molar-refractivity contribution >= 4 is 11.9 Å². The maximum Gasteiger partial charge on any atom is 0.407 e. The molecule has 104 valence electrons. The van der Waals surface area contributed by atoms with Crippen molar-refractivity contribution in [1.82, 2.24) is 5.32 Å². The molecule has 0 saturated heterocycles. The molecule has 0 spiro atoms. The Morgan fingerprint density at radius 1 is 1.26 bits per heavy atom. The third-order valence-corrected chi connectivity index (χ3v) is 2.36. The normalized spacial score (nSPS) is 10.9. The molecular formula is C15H21NO3. The zero-order chi connectivity index (χ0) is 14.5. The molecule has 0 heterocycles. The number of amides is 1. The first-order valence-corrected chi connectivity index (χ1v) is 6.34. The van der Waals surface area contributed by atoms with Crippen molar-refractivity contribution < 1.29 is 14.3 Å². The SMILES string of the molecule is Cc1cccc(C(=O)CCNC(=O)OC(C)(C)C)c1. The Bertz CT molecular complexity index is 461. The number of ether oxygens (including phenoxy) is 1. The van der Waals surface area contributed by atoms with Crippen molar-refractivity contribution in [2.24, 2.45) is 0 Å². The minimum Gasteiger partial charge on any atom is -0.444 e. The number of ketones is 1. The second kappa shape index (κ2) is 6.36. The second-order valence-electron chi connectivity index (χ2n) is 5.47. The van der Waals surface area contributed by atoms with Crippen LogP contribution < -0.4 is 5.32 Å². The topological polar surface area (TPSA) is 55.4 Å². The highest BCUT2D eigenvalue weighted by Crippen LogP contribution is 2.08. The van der Waals surface area contributed by atoms with Crippen LogP contribution >= 0.6 is 0 Å². The summed E-state index contributed by atoms with van der Waals surface area (Å²) in [7, 11) is 0. The standard InChI is InChI=1S/C15H21NO3/c1-11-6-5-7-12(10-11)13(17)8-9-16-14(18)19-15(2,3)4/h5-7,10H,8-9H2,1-4H3,(H,16,18). The van der Waals surface area contributed by atoms with E-state index in [-0.39, 0.29) is 18.7 Å². The first kappa shape index (κ1) is 15.2. The summed E-state index contributed by atoms with van der Waals surface area (Å²) in [5.41, 5.74) is 1.20. The van der Waals surface area contributed by atoms with Crippen LogP contribution in [0.3, 0.4) is 0 Å². The smallest absolute Gasteiger partial charge is 0.407 e. The Kier molecular flexibility index (Phi) is 5.10. The summed E-state index contributed by atoms with van der Waals surface area (Å²) < 4.78 is 5.08. The first-order chi connectivity index (χ1) is 8.78. The van der Waals surface area contributed by atoms with E-state index in [0.29, 0.717) is 5.56 Å². The number of rotatable bonds is 4. The quantitative estimate of drug-likeness (QED) is 0.849. The summed E-state index contributed by atoms with van der Waals surface area (Å²) in [6.45, 7) is 7.61. The summed E-state index contributed by atoms with van der Waals surface area (Å²) in [5.74, 6) is 0.0137. The van der Waals surface area contributed by atoms with E-state index in [1.165, 1.54) is 0 Å². The van der Waals surface area contributed by atoms with Crippen LogP contribution in [-0.4, -0.2) is 24.0 Å². The lowest BCUT2D eigenvalue weighted by atomic mass is 10.1. The zero-order valence-corrected chi connectivity index (χ0v) is 11.9. The molecule has 0 aliphatic heterocycles. The zero-order valence-electron chi connectivity index (χ0n) is 11.9. The maximum absolute atomic E-state index is 11.9. The van der Waals surface area contributed by atoms with E-state index in [9.17, 15) is 9.59 Å². The average molecular weight is 263 g/mol. The number of aryl methyl sites for hydroxylation is 1. The second-order valence-corrected chi connectivity index (χ2v) is 5.47. The molecule has 4 nitrogen and oxygen atoms in total. The lowest BCUT2D eigenvalue weighted by Crippen LogP contribution is -2.33. The fourth-order valence-corrected chi connectivity index (χ4v) is 1.56. The van der Waals surface area contributed by atoms with E-state index in [1.807, 2.05) is 25.1 Å². The fourth-order valence-electron chi connectivity index (χ4n) is 1.56. The molecule has 0 radical (unpaired) electrons. The summed E-state index contributed by atoms with van der Waals surface area (Å²) >= 11 is 0. The first-order valence-electron chi connectivity index (χ1n) is 6.34. The molecule has 0 aliphatic rings. The third-order valence-electron chi connectivity index (χ3n) is 2.36. The fraction of sp³-hybridized carbons (Fsp3) is 0.467. The van der Waals surface area contributed by atoms with Gasteiger partial charge < -0.3 is 10.1 Å². The van der Waals surface area contributed by atoms with Crippen molar-refractivity contribution in [3.05, 3.63) is 35.4 Å². The molecule has 0 unspecified atom stereocenters. The van der Waals surface area contributed by atoms with E-state index < -0.39 is 11.7 Å². The molecule has 0 aliphatic carbocycles. The summed E-state index contributed by atoms with van der Waals surface area (Å²) in [5, 5.41) is 2.57. The van der Waals surface area contributed by atoms with Gasteiger partial charge in [-0.1, -0.05) is 23.8 Å². The molecular weight excluding hydrogens is 242 g/mol. The number of nitrogens with one attached hydrogen (secondary N) is 1. The van der Waals surface area contributed by atoms with Gasteiger partial charge in [-0.05, 0) is 33.8 Å². The molecule has 0 saturated carbocycles. The molecule has 19 heavy (non-hydrogen) atoms. The largest absolute Gasteiger partial charge is 0.444 e. The van der Waals surface area contributed by atoms with Crippen molar-refractivity contribution in [1.29, 1.82) is 0 Å². The predicted octanol–water partition coefficient (Wildman–Crippen LogP) is 3.09. The van der Waals surface area contributed by atoms with Crippen LogP contribution in [0.2, 0.25) is 0 Å². The summed E-state index contributed by atoms with van der Waals surface area (Å²) in [6.07, 6.45) is -0.229. The van der Waals surface area contributed by atoms with Crippen molar-refractivity contribution in [2.75, 3.05) is 6.54 Å². The van der Waals surface area contributed by atoms with Crippen LogP contribution in [0, 0.1) is 6.92 Å². The minimum atomic E-state index is -0.523. The number of alkyl carbamates (subject to hydrolysis) is 1. The lowest BCUT2D eigenvalue weighted by molar-refractivity contribution is 0.0527. The predicted molar refractivity (Wildman–Crippen MR) is 74.4 cm³/mol. The van der Waals surface area contributed by atoms with Gasteiger partial charge in [0.25, 0.3) is 0 Å². The van der Waals surface area contributed by atoms with Crippen LogP contribution in [0.1, 0.15) is 43.1 Å². The summed E-state index contributed by atoms with van der Waals surface area (Å²) in [6, 6.07) is 7.41. The van der Waals surface area contributed by atoms with Crippen molar-refractivity contribution in [2.45, 2.75) is 39.7 Å². The minimum absolute atomic E-state index is 0.0137. The van der Waals surface area contributed by atoms with Crippen LogP contribution in [-0.2, 0) is 4.74 Å².